The van der Waals surface area contributed by atoms with Crippen molar-refractivity contribution in [1.29, 1.82) is 0 Å². The number of hydrogen-bond acceptors (Lipinski definition) is 3. The molecular formula is C16H22F3NO2. The summed E-state index contributed by atoms with van der Waals surface area (Å²) in [5, 5.41) is 12.5. The van der Waals surface area contributed by atoms with E-state index in [0.717, 1.165) is 31.2 Å². The standard InChI is InChI=1S/C16H22F3NO2/c17-16(18,19)11-22-15-3-1-2-13(8-15)9-20-14-6-4-12(10-21)5-7-14/h1-3,8,12,14,20-21H,4-7,9-11H2. The van der Waals surface area contributed by atoms with Gasteiger partial charge in [-0.25, -0.2) is 0 Å². The third-order valence-corrected chi connectivity index (χ3v) is 4.00. The monoisotopic (exact) mass is 317 g/mol. The maximum absolute atomic E-state index is 12.1. The molecular weight excluding hydrogens is 295 g/mol. The summed E-state index contributed by atoms with van der Waals surface area (Å²) in [7, 11) is 0. The molecule has 0 saturated heterocycles. The Kier molecular flexibility index (Phi) is 6.08. The van der Waals surface area contributed by atoms with Gasteiger partial charge in [-0.05, 0) is 49.3 Å². The first-order chi connectivity index (χ1) is 10.5. The zero-order chi connectivity index (χ0) is 16.0. The lowest BCUT2D eigenvalue weighted by molar-refractivity contribution is -0.153. The average molecular weight is 317 g/mol. The van der Waals surface area contributed by atoms with Crippen molar-refractivity contribution in [2.45, 2.75) is 44.4 Å². The van der Waals surface area contributed by atoms with Crippen molar-refractivity contribution >= 4 is 0 Å². The Hall–Kier alpha value is -1.27. The number of alkyl halides is 3. The lowest BCUT2D eigenvalue weighted by atomic mass is 9.86. The van der Waals surface area contributed by atoms with E-state index in [4.69, 9.17) is 9.84 Å². The first kappa shape index (κ1) is 17.1. The third-order valence-electron chi connectivity index (χ3n) is 4.00. The summed E-state index contributed by atoms with van der Waals surface area (Å²) < 4.78 is 41.2. The van der Waals surface area contributed by atoms with Gasteiger partial charge >= 0.3 is 6.18 Å². The predicted molar refractivity (Wildman–Crippen MR) is 77.7 cm³/mol. The Morgan fingerprint density at radius 2 is 1.91 bits per heavy atom. The average Bonchev–Trinajstić information content (AvgIpc) is 2.51. The second-order valence-electron chi connectivity index (χ2n) is 5.83. The van der Waals surface area contributed by atoms with Gasteiger partial charge in [-0.2, -0.15) is 13.2 Å². The van der Waals surface area contributed by atoms with Gasteiger partial charge in [0.05, 0.1) is 0 Å². The van der Waals surface area contributed by atoms with Gasteiger partial charge in [0.15, 0.2) is 6.61 Å². The number of hydrogen-bond donors (Lipinski definition) is 2. The molecule has 2 rings (SSSR count). The second kappa shape index (κ2) is 7.83. The molecule has 0 bridgehead atoms. The second-order valence-corrected chi connectivity index (χ2v) is 5.83. The van der Waals surface area contributed by atoms with Crippen molar-refractivity contribution in [1.82, 2.24) is 5.32 Å². The molecule has 0 aliphatic heterocycles. The minimum atomic E-state index is -4.32. The molecule has 0 amide bonds. The normalized spacial score (nSPS) is 22.5. The van der Waals surface area contributed by atoms with Crippen LogP contribution in [0.3, 0.4) is 0 Å². The molecule has 0 atom stereocenters. The summed E-state index contributed by atoms with van der Waals surface area (Å²) in [6.07, 6.45) is -0.240. The summed E-state index contributed by atoms with van der Waals surface area (Å²) >= 11 is 0. The van der Waals surface area contributed by atoms with Crippen LogP contribution in [0.2, 0.25) is 0 Å². The van der Waals surface area contributed by atoms with Crippen LogP contribution in [0.25, 0.3) is 0 Å². The lowest BCUT2D eigenvalue weighted by Gasteiger charge is -2.28. The molecule has 0 heterocycles. The van der Waals surface area contributed by atoms with Gasteiger partial charge < -0.3 is 15.2 Å². The molecule has 22 heavy (non-hydrogen) atoms. The van der Waals surface area contributed by atoms with Crippen LogP contribution in [-0.4, -0.2) is 30.5 Å². The molecule has 6 heteroatoms. The highest BCUT2D eigenvalue weighted by atomic mass is 19.4. The smallest absolute Gasteiger partial charge is 0.422 e. The van der Waals surface area contributed by atoms with Crippen LogP contribution in [0.15, 0.2) is 24.3 Å². The number of nitrogens with one attached hydrogen (secondary N) is 1. The van der Waals surface area contributed by atoms with Crippen molar-refractivity contribution in [2.24, 2.45) is 5.92 Å². The molecule has 1 aliphatic carbocycles. The summed E-state index contributed by atoms with van der Waals surface area (Å²) in [6.45, 7) is -0.405. The summed E-state index contributed by atoms with van der Waals surface area (Å²) in [5.74, 6) is 0.651. The van der Waals surface area contributed by atoms with Gasteiger partial charge in [0.25, 0.3) is 0 Å². The molecule has 1 aromatic rings. The van der Waals surface area contributed by atoms with Crippen LogP contribution < -0.4 is 10.1 Å². The van der Waals surface area contributed by atoms with Gasteiger partial charge in [-0.15, -0.1) is 0 Å². The first-order valence-corrected chi connectivity index (χ1v) is 7.59. The Morgan fingerprint density at radius 3 is 2.55 bits per heavy atom. The van der Waals surface area contributed by atoms with Crippen molar-refractivity contribution in [3.8, 4) is 5.75 Å². The van der Waals surface area contributed by atoms with Crippen LogP contribution in [-0.2, 0) is 6.54 Å². The largest absolute Gasteiger partial charge is 0.484 e. The Labute approximate surface area is 128 Å². The van der Waals surface area contributed by atoms with Crippen LogP contribution in [0.4, 0.5) is 13.2 Å². The van der Waals surface area contributed by atoms with Crippen molar-refractivity contribution in [3.63, 3.8) is 0 Å². The molecule has 1 aromatic carbocycles. The molecule has 0 unspecified atom stereocenters. The Balaban J connectivity index is 1.78. The van der Waals surface area contributed by atoms with E-state index in [-0.39, 0.29) is 12.4 Å². The molecule has 0 radical (unpaired) electrons. The highest BCUT2D eigenvalue weighted by Crippen LogP contribution is 2.24. The number of benzene rings is 1. The van der Waals surface area contributed by atoms with E-state index in [1.165, 1.54) is 6.07 Å². The van der Waals surface area contributed by atoms with Crippen molar-refractivity contribution in [2.75, 3.05) is 13.2 Å². The summed E-state index contributed by atoms with van der Waals surface area (Å²) in [6, 6.07) is 7.14. The maximum atomic E-state index is 12.1. The Bertz CT molecular complexity index is 457. The van der Waals surface area contributed by atoms with Crippen LogP contribution in [0.1, 0.15) is 31.2 Å². The van der Waals surface area contributed by atoms with E-state index in [9.17, 15) is 13.2 Å². The van der Waals surface area contributed by atoms with Crippen LogP contribution in [0.5, 0.6) is 5.75 Å². The topological polar surface area (TPSA) is 41.5 Å². The maximum Gasteiger partial charge on any atom is 0.422 e. The summed E-state index contributed by atoms with van der Waals surface area (Å²) in [5.41, 5.74) is 0.906. The molecule has 2 N–H and O–H groups in total. The fraction of sp³-hybridized carbons (Fsp3) is 0.625. The third kappa shape index (κ3) is 5.85. The minimum Gasteiger partial charge on any atom is -0.484 e. The van der Waals surface area contributed by atoms with E-state index in [1.807, 2.05) is 6.07 Å². The zero-order valence-electron chi connectivity index (χ0n) is 12.4. The van der Waals surface area contributed by atoms with Gasteiger partial charge in [0.1, 0.15) is 5.75 Å². The van der Waals surface area contributed by atoms with Crippen molar-refractivity contribution < 1.29 is 23.0 Å². The number of aliphatic hydroxyl groups excluding tert-OH is 1. The van der Waals surface area contributed by atoms with E-state index >= 15 is 0 Å². The quantitative estimate of drug-likeness (QED) is 0.846. The lowest BCUT2D eigenvalue weighted by Crippen LogP contribution is -2.33. The Morgan fingerprint density at radius 1 is 1.18 bits per heavy atom. The van der Waals surface area contributed by atoms with E-state index in [1.54, 1.807) is 12.1 Å². The SMILES string of the molecule is OCC1CCC(NCc2cccc(OCC(F)(F)F)c2)CC1. The fourth-order valence-corrected chi connectivity index (χ4v) is 2.72. The molecule has 0 spiro atoms. The molecule has 3 nitrogen and oxygen atoms in total. The number of aliphatic hydroxyl groups is 1. The molecule has 1 fully saturated rings. The molecule has 124 valence electrons. The minimum absolute atomic E-state index is 0.237. The van der Waals surface area contributed by atoms with E-state index < -0.39 is 12.8 Å². The van der Waals surface area contributed by atoms with E-state index in [0.29, 0.717) is 18.5 Å². The van der Waals surface area contributed by atoms with Crippen molar-refractivity contribution in [3.05, 3.63) is 29.8 Å². The predicted octanol–water partition coefficient (Wildman–Crippen LogP) is 3.27. The molecule has 1 saturated carbocycles. The molecule has 1 aliphatic rings. The van der Waals surface area contributed by atoms with Crippen LogP contribution >= 0.6 is 0 Å². The number of rotatable bonds is 6. The van der Waals surface area contributed by atoms with Gasteiger partial charge in [-0.3, -0.25) is 0 Å². The highest BCUT2D eigenvalue weighted by molar-refractivity contribution is 5.28. The fourth-order valence-electron chi connectivity index (χ4n) is 2.72. The van der Waals surface area contributed by atoms with Crippen LogP contribution in [0, 0.1) is 5.92 Å². The van der Waals surface area contributed by atoms with Gasteiger partial charge in [0, 0.05) is 19.2 Å². The van der Waals surface area contributed by atoms with E-state index in [2.05, 4.69) is 5.32 Å². The molecule has 0 aromatic heterocycles. The first-order valence-electron chi connectivity index (χ1n) is 7.59. The highest BCUT2D eigenvalue weighted by Gasteiger charge is 2.28. The number of halogens is 3. The van der Waals surface area contributed by atoms with Gasteiger partial charge in [-0.1, -0.05) is 12.1 Å². The zero-order valence-corrected chi connectivity index (χ0v) is 12.4. The summed E-state index contributed by atoms with van der Waals surface area (Å²) in [4.78, 5) is 0. The van der Waals surface area contributed by atoms with Gasteiger partial charge in [0.2, 0.25) is 0 Å². The number of ether oxygens (including phenoxy) is 1.